The van der Waals surface area contributed by atoms with E-state index in [2.05, 4.69) is 26.5 Å². The van der Waals surface area contributed by atoms with Crippen LogP contribution < -0.4 is 15.5 Å². The second-order valence-electron chi connectivity index (χ2n) is 17.0. The molecule has 3 atom stereocenters. The van der Waals surface area contributed by atoms with Crippen LogP contribution >= 0.6 is 0 Å². The van der Waals surface area contributed by atoms with Gasteiger partial charge in [0.15, 0.2) is 15.5 Å². The number of hydrogen-bond donors (Lipinski definition) is 2. The highest BCUT2D eigenvalue weighted by Gasteiger charge is 2.54. The summed E-state index contributed by atoms with van der Waals surface area (Å²) < 4.78 is 86.0. The highest BCUT2D eigenvalue weighted by Crippen LogP contribution is 2.51. The Hall–Kier alpha value is -4.38. The monoisotopic (exact) mass is 867 g/mol. The smallest absolute Gasteiger partial charge is 0.407 e. The number of piperidine rings is 1. The van der Waals surface area contributed by atoms with Crippen LogP contribution in [0.4, 0.5) is 19.3 Å². The van der Waals surface area contributed by atoms with E-state index in [4.69, 9.17) is 4.74 Å². The number of carbonyl (C=O) groups excluding carboxylic acids is 2. The predicted molar refractivity (Wildman–Crippen MR) is 226 cm³/mol. The molecule has 3 saturated heterocycles. The van der Waals surface area contributed by atoms with Crippen molar-refractivity contribution >= 4 is 37.4 Å². The average molecular weight is 868 g/mol. The molecule has 2 N–H and O–H groups in total. The number of amides is 2. The third kappa shape index (κ3) is 9.72. The van der Waals surface area contributed by atoms with Crippen LogP contribution in [0.3, 0.4) is 0 Å². The third-order valence-electron chi connectivity index (χ3n) is 12.9. The predicted octanol–water partition coefficient (Wildman–Crippen LogP) is 5.36. The average Bonchev–Trinajstić information content (AvgIpc) is 3.66. The molecule has 3 aliphatic heterocycles. The molecule has 0 bridgehead atoms. The Morgan fingerprint density at radius 3 is 2.25 bits per heavy atom. The van der Waals surface area contributed by atoms with Crippen LogP contribution in [-0.4, -0.2) is 123 Å². The van der Waals surface area contributed by atoms with Gasteiger partial charge in [0.1, 0.15) is 5.82 Å². The maximum Gasteiger partial charge on any atom is 0.407 e. The quantitative estimate of drug-likeness (QED) is 0.205. The Morgan fingerprint density at radius 1 is 0.883 bits per heavy atom. The molecule has 0 spiro atoms. The summed E-state index contributed by atoms with van der Waals surface area (Å²) in [5.74, 6) is -0.541. The van der Waals surface area contributed by atoms with Gasteiger partial charge < -0.3 is 25.2 Å². The summed E-state index contributed by atoms with van der Waals surface area (Å²) in [6.07, 6.45) is 7.34. The molecule has 324 valence electrons. The topological polar surface area (TPSA) is 145 Å². The highest BCUT2D eigenvalue weighted by atomic mass is 32.2. The molecule has 4 fully saturated rings. The van der Waals surface area contributed by atoms with Crippen molar-refractivity contribution in [2.75, 3.05) is 77.2 Å². The fourth-order valence-electron chi connectivity index (χ4n) is 9.92. The van der Waals surface area contributed by atoms with E-state index in [1.807, 2.05) is 4.90 Å². The Bertz CT molecular complexity index is 2280. The number of anilines is 1. The van der Waals surface area contributed by atoms with E-state index in [0.717, 1.165) is 75.4 Å². The lowest BCUT2D eigenvalue weighted by Gasteiger charge is -2.54. The number of methoxy groups -OCH3 is 1. The van der Waals surface area contributed by atoms with Crippen molar-refractivity contribution in [1.29, 1.82) is 0 Å². The summed E-state index contributed by atoms with van der Waals surface area (Å²) in [6, 6.07) is 18.8. The van der Waals surface area contributed by atoms with Crippen LogP contribution in [0, 0.1) is 17.7 Å². The van der Waals surface area contributed by atoms with Gasteiger partial charge in [0.2, 0.25) is 9.84 Å². The summed E-state index contributed by atoms with van der Waals surface area (Å²) in [4.78, 5) is 31.6. The van der Waals surface area contributed by atoms with E-state index < -0.39 is 42.8 Å². The zero-order valence-corrected chi connectivity index (χ0v) is 35.8. The SMILES string of the molecule is COC(=O)N[C@H]1CCC[C@@H]1[C@](CN1CCC1)(c1cccc(F)c1)C1CCN(CC2(F)CN(c3ccc(S(=O)(=O)c4cccc(C(=O)NC/C=C/S(C)(=O)=O)c4)cc3)C2)CC1. The zero-order valence-electron chi connectivity index (χ0n) is 34.2. The Kier molecular flexibility index (Phi) is 13.0. The molecule has 60 heavy (non-hydrogen) atoms. The van der Waals surface area contributed by atoms with E-state index >= 15 is 8.78 Å². The van der Waals surface area contributed by atoms with Gasteiger partial charge in [0.05, 0.1) is 30.0 Å². The molecule has 3 aromatic rings. The minimum Gasteiger partial charge on any atom is -0.453 e. The fourth-order valence-corrected chi connectivity index (χ4v) is 11.7. The normalized spacial score (nSPS) is 22.4. The molecule has 16 heteroatoms. The first-order valence-corrected chi connectivity index (χ1v) is 24.1. The fraction of sp³-hybridized carbons (Fsp3) is 0.500. The molecule has 3 aromatic carbocycles. The highest BCUT2D eigenvalue weighted by molar-refractivity contribution is 7.93. The molecule has 0 unspecified atom stereocenters. The van der Waals surface area contributed by atoms with Crippen LogP contribution in [-0.2, 0) is 29.8 Å². The molecule has 1 saturated carbocycles. The lowest BCUT2D eigenvalue weighted by atomic mass is 9.57. The van der Waals surface area contributed by atoms with Gasteiger partial charge in [-0.1, -0.05) is 30.7 Å². The second kappa shape index (κ2) is 17.9. The van der Waals surface area contributed by atoms with Crippen molar-refractivity contribution in [3.05, 3.63) is 101 Å². The van der Waals surface area contributed by atoms with Gasteiger partial charge in [-0.15, -0.1) is 0 Å². The number of likely N-dealkylation sites (tertiary alicyclic amines) is 2. The van der Waals surface area contributed by atoms with E-state index in [1.165, 1.54) is 55.7 Å². The Labute approximate surface area is 352 Å². The molecule has 3 heterocycles. The Balaban J connectivity index is 0.982. The van der Waals surface area contributed by atoms with E-state index in [-0.39, 0.29) is 65.2 Å². The molecule has 4 aliphatic rings. The number of nitrogens with zero attached hydrogens (tertiary/aromatic N) is 3. The van der Waals surface area contributed by atoms with Crippen LogP contribution in [0.25, 0.3) is 0 Å². The lowest BCUT2D eigenvalue weighted by molar-refractivity contribution is 0.00584. The molecule has 0 radical (unpaired) electrons. The summed E-state index contributed by atoms with van der Waals surface area (Å²) >= 11 is 0. The van der Waals surface area contributed by atoms with E-state index in [9.17, 15) is 26.4 Å². The number of alkyl carbamates (subject to hydrolysis) is 1. The van der Waals surface area contributed by atoms with Crippen molar-refractivity contribution < 1.29 is 39.9 Å². The molecule has 7 rings (SSSR count). The van der Waals surface area contributed by atoms with Gasteiger partial charge in [-0.2, -0.15) is 0 Å². The van der Waals surface area contributed by atoms with Crippen LogP contribution in [0.5, 0.6) is 0 Å². The summed E-state index contributed by atoms with van der Waals surface area (Å²) in [6.45, 7) is 4.72. The molecular formula is C44H55F2N5O7S2. The van der Waals surface area contributed by atoms with Gasteiger partial charge in [0, 0.05) is 54.0 Å². The van der Waals surface area contributed by atoms with Gasteiger partial charge >= 0.3 is 6.09 Å². The maximum absolute atomic E-state index is 16.3. The van der Waals surface area contributed by atoms with Crippen molar-refractivity contribution in [3.8, 4) is 0 Å². The van der Waals surface area contributed by atoms with Crippen LogP contribution in [0.2, 0.25) is 0 Å². The Morgan fingerprint density at radius 2 is 1.60 bits per heavy atom. The number of rotatable bonds is 15. The summed E-state index contributed by atoms with van der Waals surface area (Å²) in [7, 11) is -5.95. The lowest BCUT2D eigenvalue weighted by Crippen LogP contribution is -2.65. The standard InChI is InChI=1S/C44H55F2N5O7S2/c1-58-42(53)48-40-13-5-12-39(40)44(31-49-21-7-22-49,34-9-4-10-35(45)27-34)33-18-23-50(24-19-33)28-43(46)29-51(30-43)36-14-16-37(17-15-36)60(56,57)38-11-3-8-32(26-38)41(52)47-20-6-25-59(2,54)55/h3-4,6,8-11,14-17,25-27,33,39-40H,5,7,12-13,18-24,28-31H2,1-2H3,(H,47,52)(H,48,53)/b25-6+/t39-,40-,44-/m0/s1. The molecule has 0 aromatic heterocycles. The number of halogens is 2. The minimum absolute atomic E-state index is 0.0308. The van der Waals surface area contributed by atoms with Crippen molar-refractivity contribution in [2.24, 2.45) is 11.8 Å². The molecule has 12 nitrogen and oxygen atoms in total. The third-order valence-corrected chi connectivity index (χ3v) is 15.3. The first kappa shape index (κ1) is 43.7. The van der Waals surface area contributed by atoms with Crippen molar-refractivity contribution in [3.63, 3.8) is 0 Å². The summed E-state index contributed by atoms with van der Waals surface area (Å²) in [5, 5.41) is 6.65. The van der Waals surface area contributed by atoms with E-state index in [1.54, 1.807) is 24.3 Å². The van der Waals surface area contributed by atoms with E-state index in [0.29, 0.717) is 18.8 Å². The molecule has 2 amide bonds. The van der Waals surface area contributed by atoms with Gasteiger partial charge in [-0.05, 0) is 130 Å². The van der Waals surface area contributed by atoms with Gasteiger partial charge in [-0.25, -0.2) is 30.4 Å². The minimum atomic E-state index is -3.99. The first-order chi connectivity index (χ1) is 28.6. The number of benzene rings is 3. The number of alkyl halides is 1. The van der Waals surface area contributed by atoms with Crippen molar-refractivity contribution in [1.82, 2.24) is 20.4 Å². The first-order valence-electron chi connectivity index (χ1n) is 20.7. The number of carbonyl (C=O) groups is 2. The number of hydrogen-bond acceptors (Lipinski definition) is 10. The summed E-state index contributed by atoms with van der Waals surface area (Å²) in [5.41, 5.74) is -0.0696. The van der Waals surface area contributed by atoms with Crippen molar-refractivity contribution in [2.45, 2.75) is 65.4 Å². The van der Waals surface area contributed by atoms with Gasteiger partial charge in [0.25, 0.3) is 5.91 Å². The van der Waals surface area contributed by atoms with Gasteiger partial charge in [-0.3, -0.25) is 9.69 Å². The number of nitrogens with one attached hydrogen (secondary N) is 2. The second-order valence-corrected chi connectivity index (χ2v) is 20.8. The molecular weight excluding hydrogens is 813 g/mol. The van der Waals surface area contributed by atoms with Crippen LogP contribution in [0.15, 0.2) is 94.1 Å². The molecule has 1 aliphatic carbocycles. The number of ether oxygens (including phenoxy) is 1. The number of sulfone groups is 2. The van der Waals surface area contributed by atoms with Crippen LogP contribution in [0.1, 0.15) is 54.4 Å². The zero-order chi connectivity index (χ0) is 42.7. The maximum atomic E-state index is 16.3. The largest absolute Gasteiger partial charge is 0.453 e.